The highest BCUT2D eigenvalue weighted by Gasteiger charge is 2.14. The van der Waals surface area contributed by atoms with Crippen molar-refractivity contribution >= 4 is 28.5 Å². The lowest BCUT2D eigenvalue weighted by Gasteiger charge is -2.17. The molecule has 1 aromatic carbocycles. The number of allylic oxidation sites excluding steroid dienone is 1. The Labute approximate surface area is 154 Å². The molecule has 0 spiro atoms. The van der Waals surface area contributed by atoms with E-state index in [9.17, 15) is 4.79 Å². The Morgan fingerprint density at radius 3 is 2.92 bits per heavy atom. The molecule has 138 valence electrons. The summed E-state index contributed by atoms with van der Waals surface area (Å²) < 4.78 is 6.09. The SMILES string of the molecule is CN=C(C)C(=CN)c1cc(OCC(CC=O)CNC)c2cccnc2c1. The molecule has 0 fully saturated rings. The number of aromatic nitrogens is 1. The molecule has 2 rings (SSSR count). The molecule has 0 aliphatic heterocycles. The van der Waals surface area contributed by atoms with Crippen molar-refractivity contribution in [3.63, 3.8) is 0 Å². The number of nitrogens with one attached hydrogen (secondary N) is 1. The Balaban J connectivity index is 2.42. The Hall–Kier alpha value is -2.73. The maximum atomic E-state index is 10.9. The van der Waals surface area contributed by atoms with Gasteiger partial charge in [0.25, 0.3) is 0 Å². The largest absolute Gasteiger partial charge is 0.493 e. The van der Waals surface area contributed by atoms with Crippen LogP contribution in [0.3, 0.4) is 0 Å². The maximum Gasteiger partial charge on any atom is 0.129 e. The first-order valence-electron chi connectivity index (χ1n) is 8.60. The van der Waals surface area contributed by atoms with Crippen LogP contribution in [0.4, 0.5) is 0 Å². The summed E-state index contributed by atoms with van der Waals surface area (Å²) in [5, 5.41) is 4.02. The van der Waals surface area contributed by atoms with Gasteiger partial charge >= 0.3 is 0 Å². The summed E-state index contributed by atoms with van der Waals surface area (Å²) in [6, 6.07) is 7.78. The van der Waals surface area contributed by atoms with E-state index in [4.69, 9.17) is 10.5 Å². The Morgan fingerprint density at radius 2 is 2.27 bits per heavy atom. The molecule has 1 unspecified atom stereocenters. The molecule has 0 radical (unpaired) electrons. The van der Waals surface area contributed by atoms with Crippen LogP contribution in [0.1, 0.15) is 18.9 Å². The van der Waals surface area contributed by atoms with E-state index >= 15 is 0 Å². The predicted molar refractivity (Wildman–Crippen MR) is 107 cm³/mol. The van der Waals surface area contributed by atoms with Gasteiger partial charge in [-0.25, -0.2) is 0 Å². The topological polar surface area (TPSA) is 89.6 Å². The molecule has 6 nitrogen and oxygen atoms in total. The van der Waals surface area contributed by atoms with Crippen LogP contribution in [0.15, 0.2) is 41.7 Å². The molecule has 1 aromatic heterocycles. The number of aldehydes is 1. The standard InChI is InChI=1S/C20H26N4O2/c1-14(23-3)18(11-21)16-9-19-17(5-4-7-24-19)20(10-16)26-13-15(6-8-25)12-22-2/h4-5,7-11,15,22H,6,12-13,21H2,1-3H3. The lowest BCUT2D eigenvalue weighted by atomic mass is 10.00. The molecule has 6 heteroatoms. The van der Waals surface area contributed by atoms with Crippen molar-refractivity contribution in [2.75, 3.05) is 27.2 Å². The van der Waals surface area contributed by atoms with Crippen molar-refractivity contribution < 1.29 is 9.53 Å². The highest BCUT2D eigenvalue weighted by atomic mass is 16.5. The van der Waals surface area contributed by atoms with Gasteiger partial charge < -0.3 is 20.6 Å². The summed E-state index contributed by atoms with van der Waals surface area (Å²) in [5.74, 6) is 0.831. The summed E-state index contributed by atoms with van der Waals surface area (Å²) in [4.78, 5) is 19.6. The highest BCUT2D eigenvalue weighted by Crippen LogP contribution is 2.30. The third kappa shape index (κ3) is 4.67. The second kappa shape index (κ2) is 9.68. The quantitative estimate of drug-likeness (QED) is 0.533. The minimum Gasteiger partial charge on any atom is -0.493 e. The lowest BCUT2D eigenvalue weighted by Crippen LogP contribution is -2.24. The van der Waals surface area contributed by atoms with E-state index in [0.717, 1.165) is 39.8 Å². The molecular formula is C20H26N4O2. The van der Waals surface area contributed by atoms with E-state index in [0.29, 0.717) is 19.6 Å². The third-order valence-corrected chi connectivity index (χ3v) is 4.28. The summed E-state index contributed by atoms with van der Waals surface area (Å²) in [7, 11) is 3.60. The number of hydrogen-bond acceptors (Lipinski definition) is 6. The summed E-state index contributed by atoms with van der Waals surface area (Å²) in [6.07, 6.45) is 4.68. The van der Waals surface area contributed by atoms with Gasteiger partial charge in [-0.05, 0) is 43.8 Å². The fraction of sp³-hybridized carbons (Fsp3) is 0.350. The van der Waals surface area contributed by atoms with Crippen molar-refractivity contribution in [1.82, 2.24) is 10.3 Å². The Bertz CT molecular complexity index is 815. The van der Waals surface area contributed by atoms with Crippen LogP contribution in [0.5, 0.6) is 5.75 Å². The number of fused-ring (bicyclic) bond motifs is 1. The normalized spacial score (nSPS) is 13.7. The number of hydrogen-bond donors (Lipinski definition) is 2. The first-order valence-corrected chi connectivity index (χ1v) is 8.60. The third-order valence-electron chi connectivity index (χ3n) is 4.28. The molecule has 1 atom stereocenters. The lowest BCUT2D eigenvalue weighted by molar-refractivity contribution is -0.108. The molecule has 0 saturated carbocycles. The van der Waals surface area contributed by atoms with Crippen LogP contribution in [-0.4, -0.2) is 44.2 Å². The number of aliphatic imine (C=N–C) groups is 1. The second-order valence-electron chi connectivity index (χ2n) is 6.07. The summed E-state index contributed by atoms with van der Waals surface area (Å²) in [6.45, 7) is 3.06. The van der Waals surface area contributed by atoms with Gasteiger partial charge in [-0.15, -0.1) is 0 Å². The molecular weight excluding hydrogens is 328 g/mol. The first-order chi connectivity index (χ1) is 12.6. The van der Waals surface area contributed by atoms with Crippen molar-refractivity contribution in [2.45, 2.75) is 13.3 Å². The Morgan fingerprint density at radius 1 is 1.46 bits per heavy atom. The molecule has 26 heavy (non-hydrogen) atoms. The number of carbonyl (C=O) groups is 1. The van der Waals surface area contributed by atoms with Gasteiger partial charge in [-0.1, -0.05) is 0 Å². The fourth-order valence-corrected chi connectivity index (χ4v) is 2.81. The number of carbonyl (C=O) groups excluding carboxylic acids is 1. The smallest absolute Gasteiger partial charge is 0.129 e. The first kappa shape index (κ1) is 19.6. The zero-order chi connectivity index (χ0) is 18.9. The van der Waals surface area contributed by atoms with E-state index in [-0.39, 0.29) is 5.92 Å². The zero-order valence-electron chi connectivity index (χ0n) is 15.5. The average molecular weight is 354 g/mol. The van der Waals surface area contributed by atoms with Gasteiger partial charge in [0.05, 0.1) is 12.1 Å². The van der Waals surface area contributed by atoms with Gasteiger partial charge in [0.15, 0.2) is 0 Å². The summed E-state index contributed by atoms with van der Waals surface area (Å²) in [5.41, 5.74) is 9.22. The van der Waals surface area contributed by atoms with Gasteiger partial charge in [0, 0.05) is 55.0 Å². The monoisotopic (exact) mass is 354 g/mol. The van der Waals surface area contributed by atoms with Crippen LogP contribution in [0.2, 0.25) is 0 Å². The average Bonchev–Trinajstić information content (AvgIpc) is 2.66. The number of benzene rings is 1. The molecule has 0 amide bonds. The van der Waals surface area contributed by atoms with E-state index < -0.39 is 0 Å². The van der Waals surface area contributed by atoms with E-state index in [1.165, 1.54) is 0 Å². The molecule has 1 heterocycles. The molecule has 0 saturated heterocycles. The maximum absolute atomic E-state index is 10.9. The number of nitrogens with zero attached hydrogens (tertiary/aromatic N) is 2. The molecule has 0 aliphatic carbocycles. The summed E-state index contributed by atoms with van der Waals surface area (Å²) >= 11 is 0. The van der Waals surface area contributed by atoms with Crippen molar-refractivity contribution in [1.29, 1.82) is 0 Å². The van der Waals surface area contributed by atoms with Gasteiger partial charge in [-0.3, -0.25) is 9.98 Å². The minimum atomic E-state index is 0.108. The van der Waals surface area contributed by atoms with Crippen molar-refractivity contribution in [3.8, 4) is 5.75 Å². The van der Waals surface area contributed by atoms with Crippen LogP contribution in [0, 0.1) is 5.92 Å². The molecule has 0 aliphatic rings. The van der Waals surface area contributed by atoms with Gasteiger partial charge in [-0.2, -0.15) is 0 Å². The fourth-order valence-electron chi connectivity index (χ4n) is 2.81. The minimum absolute atomic E-state index is 0.108. The highest BCUT2D eigenvalue weighted by molar-refractivity contribution is 6.23. The predicted octanol–water partition coefficient (Wildman–Crippen LogP) is 2.43. The van der Waals surface area contributed by atoms with Crippen molar-refractivity contribution in [2.24, 2.45) is 16.6 Å². The molecule has 3 N–H and O–H groups in total. The zero-order valence-corrected chi connectivity index (χ0v) is 15.5. The van der Waals surface area contributed by atoms with Gasteiger partial charge in [0.2, 0.25) is 0 Å². The number of rotatable bonds is 9. The number of nitrogens with two attached hydrogens (primary N) is 1. The van der Waals surface area contributed by atoms with Crippen LogP contribution >= 0.6 is 0 Å². The second-order valence-corrected chi connectivity index (χ2v) is 6.07. The van der Waals surface area contributed by atoms with Crippen LogP contribution in [0.25, 0.3) is 16.5 Å². The Kier molecular flexibility index (Phi) is 7.29. The van der Waals surface area contributed by atoms with Crippen LogP contribution in [-0.2, 0) is 4.79 Å². The van der Waals surface area contributed by atoms with Gasteiger partial charge in [0.1, 0.15) is 12.0 Å². The van der Waals surface area contributed by atoms with E-state index in [1.807, 2.05) is 38.2 Å². The van der Waals surface area contributed by atoms with E-state index in [2.05, 4.69) is 15.3 Å². The van der Waals surface area contributed by atoms with Crippen LogP contribution < -0.4 is 15.8 Å². The number of ether oxygens (including phenoxy) is 1. The van der Waals surface area contributed by atoms with E-state index in [1.54, 1.807) is 19.4 Å². The number of pyridine rings is 1. The molecule has 2 aromatic rings. The molecule has 0 bridgehead atoms. The van der Waals surface area contributed by atoms with Crippen molar-refractivity contribution in [3.05, 3.63) is 42.2 Å².